The summed E-state index contributed by atoms with van der Waals surface area (Å²) < 4.78 is 15.6. The van der Waals surface area contributed by atoms with E-state index in [0.29, 0.717) is 40.6 Å². The van der Waals surface area contributed by atoms with Crippen LogP contribution in [0, 0.1) is 5.82 Å². The van der Waals surface area contributed by atoms with Gasteiger partial charge in [0.05, 0.1) is 12.0 Å². The third-order valence-electron chi connectivity index (χ3n) is 3.99. The van der Waals surface area contributed by atoms with Crippen LogP contribution < -0.4 is 10.9 Å². The number of benzene rings is 1. The molecule has 3 heterocycles. The zero-order valence-corrected chi connectivity index (χ0v) is 14.8. The van der Waals surface area contributed by atoms with Gasteiger partial charge in [-0.3, -0.25) is 14.0 Å². The first-order chi connectivity index (χ1) is 13.1. The lowest BCUT2D eigenvalue weighted by Gasteiger charge is -2.04. The lowest BCUT2D eigenvalue weighted by atomic mass is 10.1. The molecule has 0 aliphatic heterocycles. The number of nitrogens with one attached hydrogen (secondary N) is 2. The number of hydrogen-bond donors (Lipinski definition) is 2. The van der Waals surface area contributed by atoms with Gasteiger partial charge in [0.2, 0.25) is 0 Å². The van der Waals surface area contributed by atoms with E-state index in [9.17, 15) is 14.0 Å². The highest BCUT2D eigenvalue weighted by atomic mass is 32.1. The molecule has 0 fully saturated rings. The fraction of sp³-hybridized carbons (Fsp3) is 0.111. The number of aromatic amines is 1. The van der Waals surface area contributed by atoms with E-state index in [1.165, 1.54) is 29.8 Å². The number of rotatable bonds is 5. The van der Waals surface area contributed by atoms with Crippen LogP contribution in [0.2, 0.25) is 0 Å². The predicted molar refractivity (Wildman–Crippen MR) is 99.4 cm³/mol. The smallest absolute Gasteiger partial charge is 0.269 e. The SMILES string of the molecule is O=C(NCCc1cc(=O)[nH]cn1)c1csc2nc(-c3ccccc3F)cn12. The second kappa shape index (κ2) is 7.12. The molecular weight excluding hydrogens is 369 g/mol. The Morgan fingerprint density at radius 1 is 1.33 bits per heavy atom. The molecule has 0 aliphatic rings. The van der Waals surface area contributed by atoms with Crippen LogP contribution in [0.4, 0.5) is 4.39 Å². The van der Waals surface area contributed by atoms with Crippen molar-refractivity contribution in [3.8, 4) is 11.3 Å². The van der Waals surface area contributed by atoms with Crippen molar-refractivity contribution in [3.63, 3.8) is 0 Å². The minimum atomic E-state index is -0.361. The normalized spacial score (nSPS) is 11.0. The van der Waals surface area contributed by atoms with Crippen molar-refractivity contribution in [2.24, 2.45) is 0 Å². The maximum Gasteiger partial charge on any atom is 0.269 e. The molecule has 4 aromatic rings. The number of fused-ring (bicyclic) bond motifs is 1. The molecule has 0 saturated carbocycles. The van der Waals surface area contributed by atoms with Crippen molar-refractivity contribution in [1.82, 2.24) is 24.7 Å². The van der Waals surface area contributed by atoms with Gasteiger partial charge in [-0.1, -0.05) is 12.1 Å². The van der Waals surface area contributed by atoms with Gasteiger partial charge >= 0.3 is 0 Å². The van der Waals surface area contributed by atoms with Gasteiger partial charge in [0.1, 0.15) is 11.5 Å². The Bertz CT molecular complexity index is 1180. The first kappa shape index (κ1) is 17.1. The van der Waals surface area contributed by atoms with Crippen molar-refractivity contribution in [3.05, 3.63) is 75.8 Å². The molecule has 136 valence electrons. The second-order valence-corrected chi connectivity index (χ2v) is 6.62. The van der Waals surface area contributed by atoms with Crippen LogP contribution in [0.15, 0.2) is 53.0 Å². The summed E-state index contributed by atoms with van der Waals surface area (Å²) in [4.78, 5) is 35.2. The van der Waals surface area contributed by atoms with Crippen molar-refractivity contribution in [2.75, 3.05) is 6.54 Å². The molecule has 3 aromatic heterocycles. The molecule has 1 amide bonds. The highest BCUT2D eigenvalue weighted by Crippen LogP contribution is 2.25. The zero-order valence-electron chi connectivity index (χ0n) is 14.0. The number of hydrogen-bond acceptors (Lipinski definition) is 5. The van der Waals surface area contributed by atoms with E-state index in [1.54, 1.807) is 34.2 Å². The maximum absolute atomic E-state index is 14.0. The molecule has 0 spiro atoms. The van der Waals surface area contributed by atoms with E-state index in [-0.39, 0.29) is 17.3 Å². The predicted octanol–water partition coefficient (Wildman–Crippen LogP) is 2.26. The standard InChI is InChI=1S/C18H14FN5O2S/c19-13-4-2-1-3-12(13)14-8-24-15(9-27-18(24)23-14)17(26)20-6-5-11-7-16(25)22-10-21-11/h1-4,7-10H,5-6H2,(H,20,26)(H,21,22,25). The molecule has 9 heteroatoms. The van der Waals surface area contributed by atoms with Gasteiger partial charge in [-0.25, -0.2) is 14.4 Å². The van der Waals surface area contributed by atoms with Crippen LogP contribution in [0.1, 0.15) is 16.2 Å². The number of amides is 1. The minimum Gasteiger partial charge on any atom is -0.350 e. The molecule has 0 saturated heterocycles. The molecule has 0 radical (unpaired) electrons. The monoisotopic (exact) mass is 383 g/mol. The summed E-state index contributed by atoms with van der Waals surface area (Å²) in [5.41, 5.74) is 1.65. The Morgan fingerprint density at radius 3 is 3.00 bits per heavy atom. The Balaban J connectivity index is 1.51. The number of imidazole rings is 1. The molecule has 0 aliphatic carbocycles. The van der Waals surface area contributed by atoms with Gasteiger partial charge in [0.15, 0.2) is 4.96 Å². The first-order valence-electron chi connectivity index (χ1n) is 8.15. The number of thiazole rings is 1. The van der Waals surface area contributed by atoms with Gasteiger partial charge in [0.25, 0.3) is 11.5 Å². The van der Waals surface area contributed by atoms with Crippen LogP contribution in [0.25, 0.3) is 16.2 Å². The molecule has 0 bridgehead atoms. The van der Waals surface area contributed by atoms with E-state index in [2.05, 4.69) is 20.3 Å². The number of aromatic nitrogens is 4. The molecule has 4 rings (SSSR count). The van der Waals surface area contributed by atoms with Crippen LogP contribution in [-0.2, 0) is 6.42 Å². The maximum atomic E-state index is 14.0. The highest BCUT2D eigenvalue weighted by Gasteiger charge is 2.16. The van der Waals surface area contributed by atoms with Gasteiger partial charge in [-0.05, 0) is 12.1 Å². The van der Waals surface area contributed by atoms with Gasteiger partial charge in [0, 0.05) is 41.9 Å². The topological polar surface area (TPSA) is 92.1 Å². The van der Waals surface area contributed by atoms with Crippen molar-refractivity contribution in [2.45, 2.75) is 6.42 Å². The molecule has 0 atom stereocenters. The summed E-state index contributed by atoms with van der Waals surface area (Å²) in [6, 6.07) is 7.77. The number of halogens is 1. The lowest BCUT2D eigenvalue weighted by Crippen LogP contribution is -2.27. The third kappa shape index (κ3) is 3.49. The molecule has 2 N–H and O–H groups in total. The Labute approximate surface area is 156 Å². The highest BCUT2D eigenvalue weighted by molar-refractivity contribution is 7.15. The molecule has 7 nitrogen and oxygen atoms in total. The summed E-state index contributed by atoms with van der Waals surface area (Å²) >= 11 is 1.31. The van der Waals surface area contributed by atoms with E-state index in [4.69, 9.17) is 0 Å². The van der Waals surface area contributed by atoms with Crippen LogP contribution in [0.5, 0.6) is 0 Å². The molecular formula is C18H14FN5O2S. The van der Waals surface area contributed by atoms with Crippen LogP contribution in [0.3, 0.4) is 0 Å². The van der Waals surface area contributed by atoms with Crippen molar-refractivity contribution < 1.29 is 9.18 Å². The molecule has 0 unspecified atom stereocenters. The molecule has 1 aromatic carbocycles. The summed E-state index contributed by atoms with van der Waals surface area (Å²) in [5.74, 6) is -0.636. The largest absolute Gasteiger partial charge is 0.350 e. The van der Waals surface area contributed by atoms with E-state index in [0.717, 1.165) is 0 Å². The number of H-pyrrole nitrogens is 1. The minimum absolute atomic E-state index is 0.232. The van der Waals surface area contributed by atoms with E-state index in [1.807, 2.05) is 0 Å². The summed E-state index contributed by atoms with van der Waals surface area (Å²) in [7, 11) is 0. The first-order valence-corrected chi connectivity index (χ1v) is 9.03. The quantitative estimate of drug-likeness (QED) is 0.553. The van der Waals surface area contributed by atoms with Gasteiger partial charge in [-0.15, -0.1) is 11.3 Å². The fourth-order valence-electron chi connectivity index (χ4n) is 2.69. The number of carbonyl (C=O) groups is 1. The number of carbonyl (C=O) groups excluding carboxylic acids is 1. The van der Waals surface area contributed by atoms with Crippen molar-refractivity contribution >= 4 is 22.2 Å². The number of nitrogens with zero attached hydrogens (tertiary/aromatic N) is 3. The third-order valence-corrected chi connectivity index (χ3v) is 4.83. The zero-order chi connectivity index (χ0) is 18.8. The average Bonchev–Trinajstić information content (AvgIpc) is 3.22. The summed E-state index contributed by atoms with van der Waals surface area (Å²) in [6.45, 7) is 0.335. The van der Waals surface area contributed by atoms with Crippen LogP contribution >= 0.6 is 11.3 Å². The van der Waals surface area contributed by atoms with E-state index >= 15 is 0 Å². The van der Waals surface area contributed by atoms with Gasteiger partial charge in [-0.2, -0.15) is 0 Å². The lowest BCUT2D eigenvalue weighted by molar-refractivity contribution is 0.0948. The Kier molecular flexibility index (Phi) is 4.51. The van der Waals surface area contributed by atoms with Crippen molar-refractivity contribution in [1.29, 1.82) is 0 Å². The summed E-state index contributed by atoms with van der Waals surface area (Å²) in [6.07, 6.45) is 3.42. The average molecular weight is 383 g/mol. The fourth-order valence-corrected chi connectivity index (χ4v) is 3.54. The van der Waals surface area contributed by atoms with Gasteiger partial charge < -0.3 is 10.3 Å². The summed E-state index contributed by atoms with van der Waals surface area (Å²) in [5, 5.41) is 4.50. The van der Waals surface area contributed by atoms with Crippen LogP contribution in [-0.4, -0.2) is 31.8 Å². The molecule has 27 heavy (non-hydrogen) atoms. The van der Waals surface area contributed by atoms with E-state index < -0.39 is 0 Å². The Morgan fingerprint density at radius 2 is 2.19 bits per heavy atom. The Hall–Kier alpha value is -3.33. The second-order valence-electron chi connectivity index (χ2n) is 5.79.